The molecule has 0 saturated heterocycles. The van der Waals surface area contributed by atoms with Gasteiger partial charge in [-0.25, -0.2) is 0 Å². The lowest BCUT2D eigenvalue weighted by atomic mass is 10.1. The summed E-state index contributed by atoms with van der Waals surface area (Å²) in [7, 11) is 0. The molecule has 0 saturated carbocycles. The molecule has 6 heteroatoms. The van der Waals surface area contributed by atoms with Crippen molar-refractivity contribution in [1.82, 2.24) is 0 Å². The molecule has 0 bridgehead atoms. The SMILES string of the molecule is Cc1ccc(NC(=O)[C@H](C)N2C(=O)COc3ccc(Cl)cc32)cc1. The summed E-state index contributed by atoms with van der Waals surface area (Å²) in [4.78, 5) is 26.3. The van der Waals surface area contributed by atoms with Gasteiger partial charge >= 0.3 is 0 Å². The molecule has 1 aliphatic heterocycles. The number of benzene rings is 2. The summed E-state index contributed by atoms with van der Waals surface area (Å²) in [6.07, 6.45) is 0. The highest BCUT2D eigenvalue weighted by molar-refractivity contribution is 6.31. The van der Waals surface area contributed by atoms with E-state index in [9.17, 15) is 9.59 Å². The maximum Gasteiger partial charge on any atom is 0.265 e. The Labute approximate surface area is 145 Å². The second-order valence-corrected chi connectivity index (χ2v) is 6.13. The molecular weight excluding hydrogens is 328 g/mol. The van der Waals surface area contributed by atoms with E-state index < -0.39 is 6.04 Å². The number of carbonyl (C=O) groups is 2. The molecule has 24 heavy (non-hydrogen) atoms. The summed E-state index contributed by atoms with van der Waals surface area (Å²) in [5.74, 6) is -0.0228. The normalized spacial score (nSPS) is 14.6. The van der Waals surface area contributed by atoms with E-state index in [1.54, 1.807) is 25.1 Å². The monoisotopic (exact) mass is 344 g/mol. The van der Waals surface area contributed by atoms with Gasteiger partial charge < -0.3 is 10.1 Å². The zero-order chi connectivity index (χ0) is 17.3. The molecule has 124 valence electrons. The van der Waals surface area contributed by atoms with E-state index in [0.717, 1.165) is 5.56 Å². The lowest BCUT2D eigenvalue weighted by Crippen LogP contribution is -2.49. The van der Waals surface area contributed by atoms with Gasteiger partial charge in [-0.1, -0.05) is 29.3 Å². The zero-order valence-electron chi connectivity index (χ0n) is 13.4. The highest BCUT2D eigenvalue weighted by Gasteiger charge is 2.33. The van der Waals surface area contributed by atoms with Crippen molar-refractivity contribution in [2.75, 3.05) is 16.8 Å². The number of nitrogens with zero attached hydrogens (tertiary/aromatic N) is 1. The van der Waals surface area contributed by atoms with Gasteiger partial charge in [-0.15, -0.1) is 0 Å². The van der Waals surface area contributed by atoms with Gasteiger partial charge in [0, 0.05) is 10.7 Å². The van der Waals surface area contributed by atoms with Crippen LogP contribution in [0.1, 0.15) is 12.5 Å². The van der Waals surface area contributed by atoms with Gasteiger partial charge in [0.05, 0.1) is 5.69 Å². The van der Waals surface area contributed by atoms with Gasteiger partial charge in [-0.3, -0.25) is 14.5 Å². The summed E-state index contributed by atoms with van der Waals surface area (Å²) in [6, 6.07) is 11.8. The first kappa shape index (κ1) is 16.3. The standard InChI is InChI=1S/C18H17ClN2O3/c1-11-3-6-14(7-4-11)20-18(23)12(2)21-15-9-13(19)5-8-16(15)24-10-17(21)22/h3-9,12H,10H2,1-2H3,(H,20,23)/t12-/m0/s1. The first-order chi connectivity index (χ1) is 11.5. The van der Waals surface area contributed by atoms with Gasteiger partial charge in [0.15, 0.2) is 6.61 Å². The first-order valence-corrected chi connectivity index (χ1v) is 7.95. The molecule has 0 fully saturated rings. The molecule has 3 rings (SSSR count). The summed E-state index contributed by atoms with van der Waals surface area (Å²) in [6.45, 7) is 3.55. The van der Waals surface area contributed by atoms with Crippen LogP contribution in [-0.2, 0) is 9.59 Å². The van der Waals surface area contributed by atoms with Crippen LogP contribution in [0.5, 0.6) is 5.75 Å². The summed E-state index contributed by atoms with van der Waals surface area (Å²) >= 11 is 6.02. The fourth-order valence-corrected chi connectivity index (χ4v) is 2.74. The van der Waals surface area contributed by atoms with E-state index in [0.29, 0.717) is 22.1 Å². The van der Waals surface area contributed by atoms with Crippen LogP contribution < -0.4 is 15.0 Å². The Balaban J connectivity index is 1.84. The van der Waals surface area contributed by atoms with Crippen molar-refractivity contribution in [2.45, 2.75) is 19.9 Å². The van der Waals surface area contributed by atoms with E-state index in [1.807, 2.05) is 31.2 Å². The van der Waals surface area contributed by atoms with Gasteiger partial charge in [-0.2, -0.15) is 0 Å². The van der Waals surface area contributed by atoms with Crippen molar-refractivity contribution in [3.8, 4) is 5.75 Å². The first-order valence-electron chi connectivity index (χ1n) is 7.57. The van der Waals surface area contributed by atoms with Crippen LogP contribution in [0.4, 0.5) is 11.4 Å². The van der Waals surface area contributed by atoms with Crippen LogP contribution in [0, 0.1) is 6.92 Å². The summed E-state index contributed by atoms with van der Waals surface area (Å²) in [5, 5.41) is 3.30. The number of halogens is 1. The number of hydrogen-bond acceptors (Lipinski definition) is 3. The van der Waals surface area contributed by atoms with Crippen LogP contribution >= 0.6 is 11.6 Å². The minimum atomic E-state index is -0.695. The lowest BCUT2D eigenvalue weighted by Gasteiger charge is -2.33. The predicted octanol–water partition coefficient (Wildman–Crippen LogP) is 3.40. The third kappa shape index (κ3) is 3.21. The Kier molecular flexibility index (Phi) is 4.44. The third-order valence-corrected chi connectivity index (χ3v) is 4.12. The third-order valence-electron chi connectivity index (χ3n) is 3.89. The molecule has 1 atom stereocenters. The average Bonchev–Trinajstić information content (AvgIpc) is 2.56. The zero-order valence-corrected chi connectivity index (χ0v) is 14.1. The maximum absolute atomic E-state index is 12.6. The second kappa shape index (κ2) is 6.53. The van der Waals surface area contributed by atoms with Crippen molar-refractivity contribution in [1.29, 1.82) is 0 Å². The Morgan fingerprint density at radius 3 is 2.67 bits per heavy atom. The summed E-state index contributed by atoms with van der Waals surface area (Å²) in [5.41, 5.74) is 2.29. The average molecular weight is 345 g/mol. The van der Waals surface area contributed by atoms with Crippen LogP contribution in [0.25, 0.3) is 0 Å². The second-order valence-electron chi connectivity index (χ2n) is 5.70. The number of fused-ring (bicyclic) bond motifs is 1. The van der Waals surface area contributed by atoms with Crippen molar-refractivity contribution in [3.63, 3.8) is 0 Å². The molecule has 1 N–H and O–H groups in total. The van der Waals surface area contributed by atoms with Gasteiger partial charge in [0.25, 0.3) is 5.91 Å². The van der Waals surface area contributed by atoms with Crippen molar-refractivity contribution in [3.05, 3.63) is 53.1 Å². The van der Waals surface area contributed by atoms with Crippen LogP contribution in [0.3, 0.4) is 0 Å². The van der Waals surface area contributed by atoms with Gasteiger partial charge in [0.1, 0.15) is 11.8 Å². The number of nitrogens with one attached hydrogen (secondary N) is 1. The predicted molar refractivity (Wildman–Crippen MR) is 93.7 cm³/mol. The molecule has 0 spiro atoms. The Hall–Kier alpha value is -2.53. The van der Waals surface area contributed by atoms with Crippen molar-refractivity contribution < 1.29 is 14.3 Å². The number of anilines is 2. The quantitative estimate of drug-likeness (QED) is 0.928. The molecule has 2 aromatic carbocycles. The number of amides is 2. The van der Waals surface area contributed by atoms with Crippen molar-refractivity contribution >= 4 is 34.8 Å². The van der Waals surface area contributed by atoms with E-state index in [1.165, 1.54) is 4.90 Å². The van der Waals surface area contributed by atoms with Crippen LogP contribution in [0.15, 0.2) is 42.5 Å². The molecule has 2 amide bonds. The van der Waals surface area contributed by atoms with Crippen LogP contribution in [-0.4, -0.2) is 24.5 Å². The Morgan fingerprint density at radius 1 is 1.25 bits per heavy atom. The highest BCUT2D eigenvalue weighted by atomic mass is 35.5. The van der Waals surface area contributed by atoms with E-state index in [2.05, 4.69) is 5.32 Å². The topological polar surface area (TPSA) is 58.6 Å². The molecule has 0 aliphatic carbocycles. The molecular formula is C18H17ClN2O3. The minimum Gasteiger partial charge on any atom is -0.482 e. The van der Waals surface area contributed by atoms with Crippen molar-refractivity contribution in [2.24, 2.45) is 0 Å². The molecule has 0 aromatic heterocycles. The number of aryl methyl sites for hydroxylation is 1. The Bertz CT molecular complexity index is 789. The number of rotatable bonds is 3. The minimum absolute atomic E-state index is 0.100. The molecule has 1 heterocycles. The maximum atomic E-state index is 12.6. The number of ether oxygens (including phenoxy) is 1. The molecule has 1 aliphatic rings. The van der Waals surface area contributed by atoms with Crippen LogP contribution in [0.2, 0.25) is 5.02 Å². The fraction of sp³-hybridized carbons (Fsp3) is 0.222. The number of hydrogen-bond donors (Lipinski definition) is 1. The molecule has 0 radical (unpaired) electrons. The van der Waals surface area contributed by atoms with E-state index in [-0.39, 0.29) is 18.4 Å². The summed E-state index contributed by atoms with van der Waals surface area (Å²) < 4.78 is 5.40. The number of carbonyl (C=O) groups excluding carboxylic acids is 2. The Morgan fingerprint density at radius 2 is 1.96 bits per heavy atom. The lowest BCUT2D eigenvalue weighted by molar-refractivity contribution is -0.125. The molecule has 5 nitrogen and oxygen atoms in total. The van der Waals surface area contributed by atoms with Gasteiger partial charge in [0.2, 0.25) is 5.91 Å². The van der Waals surface area contributed by atoms with Gasteiger partial charge in [-0.05, 0) is 44.2 Å². The largest absolute Gasteiger partial charge is 0.482 e. The molecule has 0 unspecified atom stereocenters. The fourth-order valence-electron chi connectivity index (χ4n) is 2.57. The van der Waals surface area contributed by atoms with E-state index in [4.69, 9.17) is 16.3 Å². The van der Waals surface area contributed by atoms with E-state index >= 15 is 0 Å². The smallest absolute Gasteiger partial charge is 0.265 e. The molecule has 2 aromatic rings. The highest BCUT2D eigenvalue weighted by Crippen LogP contribution is 2.35.